The van der Waals surface area contributed by atoms with Crippen LogP contribution in [0.1, 0.15) is 37.8 Å². The van der Waals surface area contributed by atoms with Crippen molar-refractivity contribution in [2.45, 2.75) is 45.7 Å². The van der Waals surface area contributed by atoms with Crippen LogP contribution in [0.3, 0.4) is 0 Å². The highest BCUT2D eigenvalue weighted by atomic mass is 16.2. The largest absolute Gasteiger partial charge is 0.325 e. The molecule has 1 aromatic rings. The van der Waals surface area contributed by atoms with Crippen molar-refractivity contribution in [3.05, 3.63) is 35.4 Å². The zero-order valence-electron chi connectivity index (χ0n) is 14.8. The number of imide groups is 1. The number of benzene rings is 1. The first kappa shape index (κ1) is 17.0. The Bertz CT molecular complexity index is 633. The molecule has 0 aromatic heterocycles. The molecule has 0 unspecified atom stereocenters. The van der Waals surface area contributed by atoms with E-state index in [1.165, 1.54) is 4.90 Å². The van der Waals surface area contributed by atoms with E-state index in [9.17, 15) is 9.59 Å². The second-order valence-corrected chi connectivity index (χ2v) is 7.52. The second kappa shape index (κ2) is 6.55. The standard InChI is InChI=1S/C19H27N3O2/c1-14(2)12-21-10-8-19(9-11-21)17(23)22(18(24)20-19)13-16-7-5-4-6-15(16)3/h4-7,14H,8-13H2,1-3H3,(H,20,24). The number of aryl methyl sites for hydroxylation is 1. The maximum Gasteiger partial charge on any atom is 0.325 e. The summed E-state index contributed by atoms with van der Waals surface area (Å²) in [6.45, 7) is 9.55. The van der Waals surface area contributed by atoms with Crippen molar-refractivity contribution in [2.24, 2.45) is 5.92 Å². The van der Waals surface area contributed by atoms with Gasteiger partial charge in [-0.25, -0.2) is 4.79 Å². The van der Waals surface area contributed by atoms with E-state index in [1.54, 1.807) is 0 Å². The Morgan fingerprint density at radius 2 is 1.83 bits per heavy atom. The number of hydrogen-bond acceptors (Lipinski definition) is 3. The molecule has 0 saturated carbocycles. The number of urea groups is 1. The highest BCUT2D eigenvalue weighted by Gasteiger charge is 2.52. The molecule has 2 aliphatic rings. The summed E-state index contributed by atoms with van der Waals surface area (Å²) in [5, 5.41) is 2.99. The monoisotopic (exact) mass is 329 g/mol. The first-order valence-corrected chi connectivity index (χ1v) is 8.82. The number of nitrogens with one attached hydrogen (secondary N) is 1. The molecule has 3 amide bonds. The van der Waals surface area contributed by atoms with Crippen molar-refractivity contribution < 1.29 is 9.59 Å². The average molecular weight is 329 g/mol. The number of piperidine rings is 1. The van der Waals surface area contributed by atoms with Gasteiger partial charge in [0.25, 0.3) is 5.91 Å². The van der Waals surface area contributed by atoms with Crippen LogP contribution in [0.15, 0.2) is 24.3 Å². The van der Waals surface area contributed by atoms with Crippen molar-refractivity contribution >= 4 is 11.9 Å². The molecular weight excluding hydrogens is 302 g/mol. The molecule has 5 nitrogen and oxygen atoms in total. The molecule has 130 valence electrons. The minimum atomic E-state index is -0.687. The number of rotatable bonds is 4. The number of hydrogen-bond donors (Lipinski definition) is 1. The van der Waals surface area contributed by atoms with Gasteiger partial charge in [0.2, 0.25) is 0 Å². The highest BCUT2D eigenvalue weighted by Crippen LogP contribution is 2.31. The summed E-state index contributed by atoms with van der Waals surface area (Å²) >= 11 is 0. The lowest BCUT2D eigenvalue weighted by Gasteiger charge is -2.38. The van der Waals surface area contributed by atoms with Crippen LogP contribution < -0.4 is 5.32 Å². The topological polar surface area (TPSA) is 52.7 Å². The van der Waals surface area contributed by atoms with Gasteiger partial charge in [-0.15, -0.1) is 0 Å². The fourth-order valence-electron chi connectivity index (χ4n) is 3.75. The normalized spacial score (nSPS) is 20.9. The minimum Gasteiger partial charge on any atom is -0.323 e. The molecule has 0 bridgehead atoms. The number of likely N-dealkylation sites (tertiary alicyclic amines) is 1. The summed E-state index contributed by atoms with van der Waals surface area (Å²) in [4.78, 5) is 29.2. The van der Waals surface area contributed by atoms with Gasteiger partial charge >= 0.3 is 6.03 Å². The maximum absolute atomic E-state index is 13.0. The molecule has 1 spiro atoms. The van der Waals surface area contributed by atoms with Gasteiger partial charge in [-0.05, 0) is 36.8 Å². The summed E-state index contributed by atoms with van der Waals surface area (Å²) < 4.78 is 0. The van der Waals surface area contributed by atoms with Crippen LogP contribution >= 0.6 is 0 Å². The molecule has 2 aliphatic heterocycles. The van der Waals surface area contributed by atoms with E-state index < -0.39 is 5.54 Å². The Labute approximate surface area is 144 Å². The van der Waals surface area contributed by atoms with E-state index in [2.05, 4.69) is 24.1 Å². The van der Waals surface area contributed by atoms with E-state index in [0.29, 0.717) is 25.3 Å². The first-order chi connectivity index (χ1) is 11.4. The zero-order valence-corrected chi connectivity index (χ0v) is 14.8. The van der Waals surface area contributed by atoms with Crippen LogP contribution in [0.4, 0.5) is 4.79 Å². The molecule has 0 radical (unpaired) electrons. The minimum absolute atomic E-state index is 0.0556. The summed E-state index contributed by atoms with van der Waals surface area (Å²) in [7, 11) is 0. The van der Waals surface area contributed by atoms with E-state index >= 15 is 0 Å². The molecule has 2 heterocycles. The van der Waals surface area contributed by atoms with E-state index in [-0.39, 0.29) is 11.9 Å². The Morgan fingerprint density at radius 3 is 2.46 bits per heavy atom. The molecule has 24 heavy (non-hydrogen) atoms. The lowest BCUT2D eigenvalue weighted by molar-refractivity contribution is -0.133. The maximum atomic E-state index is 13.0. The highest BCUT2D eigenvalue weighted by molar-refractivity contribution is 6.07. The van der Waals surface area contributed by atoms with Gasteiger partial charge in [-0.3, -0.25) is 9.69 Å². The summed E-state index contributed by atoms with van der Waals surface area (Å²) in [6.07, 6.45) is 1.41. The first-order valence-electron chi connectivity index (χ1n) is 8.82. The Hall–Kier alpha value is -1.88. The van der Waals surface area contributed by atoms with Crippen molar-refractivity contribution in [3.63, 3.8) is 0 Å². The lowest BCUT2D eigenvalue weighted by atomic mass is 9.87. The third-order valence-corrected chi connectivity index (χ3v) is 5.17. The fraction of sp³-hybridized carbons (Fsp3) is 0.579. The Morgan fingerprint density at radius 1 is 1.17 bits per heavy atom. The molecule has 1 N–H and O–H groups in total. The predicted molar refractivity (Wildman–Crippen MR) is 93.5 cm³/mol. The number of carbonyl (C=O) groups excluding carboxylic acids is 2. The van der Waals surface area contributed by atoms with Crippen LogP contribution in [0, 0.1) is 12.8 Å². The van der Waals surface area contributed by atoms with Gasteiger partial charge in [0, 0.05) is 19.6 Å². The molecule has 5 heteroatoms. The van der Waals surface area contributed by atoms with Gasteiger partial charge in [-0.1, -0.05) is 38.1 Å². The van der Waals surface area contributed by atoms with Crippen LogP contribution in [0.25, 0.3) is 0 Å². The SMILES string of the molecule is Cc1ccccc1CN1C(=O)NC2(CCN(CC(C)C)CC2)C1=O. The van der Waals surface area contributed by atoms with Crippen molar-refractivity contribution in [3.8, 4) is 0 Å². The smallest absolute Gasteiger partial charge is 0.323 e. The molecule has 2 fully saturated rings. The molecule has 3 rings (SSSR count). The van der Waals surface area contributed by atoms with Gasteiger partial charge in [0.1, 0.15) is 5.54 Å². The van der Waals surface area contributed by atoms with Crippen molar-refractivity contribution in [2.75, 3.05) is 19.6 Å². The van der Waals surface area contributed by atoms with Gasteiger partial charge in [0.05, 0.1) is 6.54 Å². The Kier molecular flexibility index (Phi) is 4.63. The molecule has 2 saturated heterocycles. The summed E-state index contributed by atoms with van der Waals surface area (Å²) in [6, 6.07) is 7.65. The fourth-order valence-corrected chi connectivity index (χ4v) is 3.75. The molecule has 0 atom stereocenters. The predicted octanol–water partition coefficient (Wildman–Crippen LogP) is 2.54. The third-order valence-electron chi connectivity index (χ3n) is 5.17. The molecular formula is C19H27N3O2. The van der Waals surface area contributed by atoms with E-state index in [1.807, 2.05) is 31.2 Å². The number of amides is 3. The summed E-state index contributed by atoms with van der Waals surface area (Å²) in [5.41, 5.74) is 1.44. The number of carbonyl (C=O) groups is 2. The van der Waals surface area contributed by atoms with Gasteiger partial charge in [0.15, 0.2) is 0 Å². The lowest BCUT2D eigenvalue weighted by Crippen LogP contribution is -2.55. The van der Waals surface area contributed by atoms with Crippen LogP contribution in [-0.4, -0.2) is 46.9 Å². The molecule has 0 aliphatic carbocycles. The summed E-state index contributed by atoms with van der Waals surface area (Å²) in [5.74, 6) is 0.561. The number of nitrogens with zero attached hydrogens (tertiary/aromatic N) is 2. The van der Waals surface area contributed by atoms with Crippen molar-refractivity contribution in [1.82, 2.24) is 15.1 Å². The van der Waals surface area contributed by atoms with Crippen LogP contribution in [-0.2, 0) is 11.3 Å². The van der Waals surface area contributed by atoms with Gasteiger partial charge < -0.3 is 10.2 Å². The van der Waals surface area contributed by atoms with Crippen molar-refractivity contribution in [1.29, 1.82) is 0 Å². The average Bonchev–Trinajstić information content (AvgIpc) is 2.76. The van der Waals surface area contributed by atoms with Gasteiger partial charge in [-0.2, -0.15) is 0 Å². The zero-order chi connectivity index (χ0) is 17.3. The second-order valence-electron chi connectivity index (χ2n) is 7.52. The third kappa shape index (κ3) is 3.18. The van der Waals surface area contributed by atoms with Crippen LogP contribution in [0.5, 0.6) is 0 Å². The van der Waals surface area contributed by atoms with E-state index in [4.69, 9.17) is 0 Å². The Balaban J connectivity index is 1.70. The van der Waals surface area contributed by atoms with E-state index in [0.717, 1.165) is 30.8 Å². The molecule has 1 aromatic carbocycles. The quantitative estimate of drug-likeness (QED) is 0.864. The van der Waals surface area contributed by atoms with Crippen LogP contribution in [0.2, 0.25) is 0 Å².